The molecule has 1 aromatic carbocycles. The first-order valence-electron chi connectivity index (χ1n) is 6.73. The van der Waals surface area contributed by atoms with E-state index in [9.17, 15) is 14.7 Å². The molecule has 2 heterocycles. The molecular weight excluding hydrogens is 362 g/mol. The first kappa shape index (κ1) is 15.2. The van der Waals surface area contributed by atoms with Gasteiger partial charge in [-0.25, -0.2) is 9.78 Å². The summed E-state index contributed by atoms with van der Waals surface area (Å²) in [5, 5.41) is 11.8. The van der Waals surface area contributed by atoms with E-state index >= 15 is 0 Å². The van der Waals surface area contributed by atoms with Crippen LogP contribution in [0, 0.1) is 6.92 Å². The van der Waals surface area contributed by atoms with Crippen LogP contribution < -0.4 is 5.32 Å². The van der Waals surface area contributed by atoms with Gasteiger partial charge in [-0.1, -0.05) is 15.9 Å². The van der Waals surface area contributed by atoms with Gasteiger partial charge in [0, 0.05) is 16.9 Å². The summed E-state index contributed by atoms with van der Waals surface area (Å²) in [5.74, 6) is -1.58. The van der Waals surface area contributed by atoms with Gasteiger partial charge in [0.25, 0.3) is 5.91 Å². The summed E-state index contributed by atoms with van der Waals surface area (Å²) in [6, 6.07) is 8.40. The van der Waals surface area contributed by atoms with Crippen molar-refractivity contribution in [2.45, 2.75) is 6.92 Å². The minimum absolute atomic E-state index is 0.00679. The molecule has 0 aliphatic rings. The molecule has 0 fully saturated rings. The Morgan fingerprint density at radius 2 is 2.04 bits per heavy atom. The van der Waals surface area contributed by atoms with Crippen LogP contribution in [0.2, 0.25) is 0 Å². The quantitative estimate of drug-likeness (QED) is 0.737. The van der Waals surface area contributed by atoms with Crippen LogP contribution in [0.15, 0.2) is 47.2 Å². The Morgan fingerprint density at radius 1 is 1.26 bits per heavy atom. The van der Waals surface area contributed by atoms with Crippen molar-refractivity contribution in [2.24, 2.45) is 0 Å². The van der Waals surface area contributed by atoms with Crippen LogP contribution in [-0.4, -0.2) is 26.4 Å². The number of carboxylic acids is 1. The van der Waals surface area contributed by atoms with Crippen LogP contribution in [0.3, 0.4) is 0 Å². The minimum atomic E-state index is -1.12. The highest BCUT2D eigenvalue weighted by molar-refractivity contribution is 9.10. The lowest BCUT2D eigenvalue weighted by Gasteiger charge is -2.07. The fourth-order valence-electron chi connectivity index (χ4n) is 2.18. The number of rotatable bonds is 3. The zero-order valence-corrected chi connectivity index (χ0v) is 13.7. The summed E-state index contributed by atoms with van der Waals surface area (Å²) >= 11 is 3.21. The first-order chi connectivity index (χ1) is 10.9. The third-order valence-corrected chi connectivity index (χ3v) is 3.80. The van der Waals surface area contributed by atoms with Crippen molar-refractivity contribution in [3.63, 3.8) is 0 Å². The number of aryl methyl sites for hydroxylation is 1. The number of amides is 1. The highest BCUT2D eigenvalue weighted by atomic mass is 79.9. The van der Waals surface area contributed by atoms with E-state index in [1.165, 1.54) is 12.1 Å². The standard InChI is InChI=1S/C16H12BrN3O3/c1-9-4-5-20-8-13(18-14(20)6-9)15(21)19-12-3-2-10(17)7-11(12)16(22)23/h2-8H,1H3,(H,19,21)(H,22,23). The van der Waals surface area contributed by atoms with Gasteiger partial charge in [0.1, 0.15) is 11.3 Å². The summed E-state index contributed by atoms with van der Waals surface area (Å²) in [7, 11) is 0. The van der Waals surface area contributed by atoms with E-state index in [-0.39, 0.29) is 16.9 Å². The van der Waals surface area contributed by atoms with Crippen LogP contribution >= 0.6 is 15.9 Å². The summed E-state index contributed by atoms with van der Waals surface area (Å²) in [6.07, 6.45) is 3.42. The number of hydrogen-bond acceptors (Lipinski definition) is 3. The van der Waals surface area contributed by atoms with Gasteiger partial charge in [-0.15, -0.1) is 0 Å². The third-order valence-electron chi connectivity index (χ3n) is 3.31. The van der Waals surface area contributed by atoms with Crippen molar-refractivity contribution in [2.75, 3.05) is 5.32 Å². The van der Waals surface area contributed by atoms with Crippen molar-refractivity contribution < 1.29 is 14.7 Å². The van der Waals surface area contributed by atoms with Gasteiger partial charge >= 0.3 is 5.97 Å². The van der Waals surface area contributed by atoms with Gasteiger partial charge < -0.3 is 14.8 Å². The van der Waals surface area contributed by atoms with E-state index in [0.29, 0.717) is 10.1 Å². The number of imidazole rings is 1. The maximum absolute atomic E-state index is 12.3. The number of halogens is 1. The first-order valence-corrected chi connectivity index (χ1v) is 7.53. The molecule has 0 atom stereocenters. The molecule has 0 saturated heterocycles. The molecule has 3 rings (SSSR count). The van der Waals surface area contributed by atoms with E-state index in [4.69, 9.17) is 0 Å². The molecule has 3 aromatic rings. The molecule has 0 radical (unpaired) electrons. The van der Waals surface area contributed by atoms with Crippen LogP contribution in [0.1, 0.15) is 26.4 Å². The van der Waals surface area contributed by atoms with Crippen LogP contribution in [0.5, 0.6) is 0 Å². The van der Waals surface area contributed by atoms with Gasteiger partial charge in [0.15, 0.2) is 0 Å². The molecule has 2 aromatic heterocycles. The number of anilines is 1. The van der Waals surface area contributed by atoms with E-state index < -0.39 is 11.9 Å². The van der Waals surface area contributed by atoms with E-state index in [2.05, 4.69) is 26.2 Å². The zero-order chi connectivity index (χ0) is 16.6. The lowest BCUT2D eigenvalue weighted by atomic mass is 10.2. The van der Waals surface area contributed by atoms with Crippen molar-refractivity contribution >= 4 is 39.1 Å². The average Bonchev–Trinajstić information content (AvgIpc) is 2.92. The smallest absolute Gasteiger partial charge is 0.337 e. The topological polar surface area (TPSA) is 83.7 Å². The second-order valence-electron chi connectivity index (χ2n) is 5.04. The Morgan fingerprint density at radius 3 is 2.78 bits per heavy atom. The molecule has 0 spiro atoms. The number of carbonyl (C=O) groups excluding carboxylic acids is 1. The Balaban J connectivity index is 1.93. The number of carbonyl (C=O) groups is 2. The lowest BCUT2D eigenvalue weighted by molar-refractivity contribution is 0.0698. The molecule has 0 unspecified atom stereocenters. The maximum Gasteiger partial charge on any atom is 0.337 e. The van der Waals surface area contributed by atoms with Crippen molar-refractivity contribution in [3.8, 4) is 0 Å². The summed E-state index contributed by atoms with van der Waals surface area (Å²) in [6.45, 7) is 1.94. The number of pyridine rings is 1. The summed E-state index contributed by atoms with van der Waals surface area (Å²) in [5.41, 5.74) is 2.14. The molecule has 0 bridgehead atoms. The number of aromatic carboxylic acids is 1. The molecule has 1 amide bonds. The predicted octanol–water partition coefficient (Wildman–Crippen LogP) is 3.36. The second-order valence-corrected chi connectivity index (χ2v) is 5.96. The maximum atomic E-state index is 12.3. The SMILES string of the molecule is Cc1ccn2cc(C(=O)Nc3ccc(Br)cc3C(=O)O)nc2c1. The molecule has 0 aliphatic carbocycles. The highest BCUT2D eigenvalue weighted by Gasteiger charge is 2.16. The Hall–Kier alpha value is -2.67. The van der Waals surface area contributed by atoms with E-state index in [1.54, 1.807) is 16.7 Å². The van der Waals surface area contributed by atoms with E-state index in [1.807, 2.05) is 25.3 Å². The normalized spacial score (nSPS) is 10.7. The predicted molar refractivity (Wildman–Crippen MR) is 89.0 cm³/mol. The zero-order valence-electron chi connectivity index (χ0n) is 12.1. The van der Waals surface area contributed by atoms with Gasteiger partial charge in [-0.2, -0.15) is 0 Å². The highest BCUT2D eigenvalue weighted by Crippen LogP contribution is 2.22. The van der Waals surface area contributed by atoms with Crippen LogP contribution in [-0.2, 0) is 0 Å². The van der Waals surface area contributed by atoms with Gasteiger partial charge in [0.05, 0.1) is 11.3 Å². The number of nitrogens with zero attached hydrogens (tertiary/aromatic N) is 2. The van der Waals surface area contributed by atoms with Gasteiger partial charge in [-0.3, -0.25) is 4.79 Å². The molecule has 6 nitrogen and oxygen atoms in total. The monoisotopic (exact) mass is 373 g/mol. The number of carboxylic acid groups (broad SMARTS) is 1. The van der Waals surface area contributed by atoms with Crippen molar-refractivity contribution in [1.82, 2.24) is 9.38 Å². The molecule has 2 N–H and O–H groups in total. The molecule has 116 valence electrons. The van der Waals surface area contributed by atoms with Crippen molar-refractivity contribution in [3.05, 3.63) is 64.0 Å². The third kappa shape index (κ3) is 3.09. The molecule has 7 heteroatoms. The second kappa shape index (κ2) is 5.85. The lowest BCUT2D eigenvalue weighted by Crippen LogP contribution is -2.15. The summed E-state index contributed by atoms with van der Waals surface area (Å²) < 4.78 is 2.36. The van der Waals surface area contributed by atoms with Gasteiger partial charge in [0.2, 0.25) is 0 Å². The number of aromatic nitrogens is 2. The summed E-state index contributed by atoms with van der Waals surface area (Å²) in [4.78, 5) is 27.9. The molecular formula is C16H12BrN3O3. The molecule has 0 saturated carbocycles. The number of nitrogens with one attached hydrogen (secondary N) is 1. The Kier molecular flexibility index (Phi) is 3.87. The van der Waals surface area contributed by atoms with Crippen molar-refractivity contribution in [1.29, 1.82) is 0 Å². The fourth-order valence-corrected chi connectivity index (χ4v) is 2.54. The number of benzene rings is 1. The minimum Gasteiger partial charge on any atom is -0.478 e. The number of fused-ring (bicyclic) bond motifs is 1. The van der Waals surface area contributed by atoms with E-state index in [0.717, 1.165) is 5.56 Å². The number of hydrogen-bond donors (Lipinski definition) is 2. The molecule has 23 heavy (non-hydrogen) atoms. The average molecular weight is 374 g/mol. The van der Waals surface area contributed by atoms with Gasteiger partial charge in [-0.05, 0) is 42.8 Å². The fraction of sp³-hybridized carbons (Fsp3) is 0.0625. The largest absolute Gasteiger partial charge is 0.478 e. The molecule has 0 aliphatic heterocycles. The Labute approximate surface area is 139 Å². The van der Waals surface area contributed by atoms with Crippen LogP contribution in [0.4, 0.5) is 5.69 Å². The van der Waals surface area contributed by atoms with Crippen LogP contribution in [0.25, 0.3) is 5.65 Å². The Bertz CT molecular complexity index is 933.